The molecule has 0 unspecified atom stereocenters. The van der Waals surface area contributed by atoms with Crippen LogP contribution >= 0.6 is 0 Å². The Bertz CT molecular complexity index is 1220. The van der Waals surface area contributed by atoms with Gasteiger partial charge in [0.05, 0.1) is 11.4 Å². The highest BCUT2D eigenvalue weighted by molar-refractivity contribution is 7.89. The first-order valence-electron chi connectivity index (χ1n) is 8.86. The number of aromatic nitrogens is 2. The van der Waals surface area contributed by atoms with Crippen LogP contribution in [0.2, 0.25) is 0 Å². The van der Waals surface area contributed by atoms with Gasteiger partial charge in [0.25, 0.3) is 5.91 Å². The second kappa shape index (κ2) is 7.33. The van der Waals surface area contributed by atoms with Crippen molar-refractivity contribution in [3.05, 3.63) is 57.7 Å². The topological polar surface area (TPSA) is 102 Å². The lowest BCUT2D eigenvalue weighted by Gasteiger charge is -2.18. The van der Waals surface area contributed by atoms with E-state index in [1.165, 1.54) is 24.2 Å². The standard InChI is InChI=1S/C19H21N3O5S/c1-5-21(6-2)28(25,26)17-12(3)20-22(13(17)4)18(23)15-11-14-9-7-8-10-16(14)27-19(15)24/h7-11H,5-6H2,1-4H3. The predicted octanol–water partition coefficient (Wildman–Crippen LogP) is 2.33. The molecule has 0 atom stereocenters. The molecule has 0 bridgehead atoms. The molecule has 2 heterocycles. The zero-order valence-electron chi connectivity index (χ0n) is 16.1. The number of benzene rings is 1. The summed E-state index contributed by atoms with van der Waals surface area (Å²) in [5.41, 5.74) is -0.299. The van der Waals surface area contributed by atoms with E-state index in [9.17, 15) is 18.0 Å². The van der Waals surface area contributed by atoms with Gasteiger partial charge in [-0.15, -0.1) is 0 Å². The fourth-order valence-electron chi connectivity index (χ4n) is 3.22. The van der Waals surface area contributed by atoms with E-state index in [0.29, 0.717) is 24.1 Å². The molecule has 0 saturated heterocycles. The number of carbonyl (C=O) groups is 1. The maximum absolute atomic E-state index is 13.0. The molecule has 0 spiro atoms. The summed E-state index contributed by atoms with van der Waals surface area (Å²) < 4.78 is 33.3. The zero-order chi connectivity index (χ0) is 20.6. The van der Waals surface area contributed by atoms with E-state index in [4.69, 9.17) is 4.42 Å². The van der Waals surface area contributed by atoms with E-state index in [1.807, 2.05) is 0 Å². The monoisotopic (exact) mass is 403 g/mol. The van der Waals surface area contributed by atoms with E-state index in [0.717, 1.165) is 4.68 Å². The van der Waals surface area contributed by atoms with Gasteiger partial charge in [0.15, 0.2) is 0 Å². The van der Waals surface area contributed by atoms with Crippen molar-refractivity contribution in [1.29, 1.82) is 0 Å². The summed E-state index contributed by atoms with van der Waals surface area (Å²) in [7, 11) is -3.81. The van der Waals surface area contributed by atoms with Gasteiger partial charge in [-0.2, -0.15) is 14.1 Å². The molecule has 0 saturated carbocycles. The van der Waals surface area contributed by atoms with E-state index in [2.05, 4.69) is 5.10 Å². The van der Waals surface area contributed by atoms with Crippen molar-refractivity contribution < 1.29 is 17.6 Å². The molecule has 28 heavy (non-hydrogen) atoms. The molecule has 3 rings (SSSR count). The molecule has 2 aromatic heterocycles. The second-order valence-electron chi connectivity index (χ2n) is 6.29. The smallest absolute Gasteiger partial charge is 0.349 e. The summed E-state index contributed by atoms with van der Waals surface area (Å²) in [5, 5.41) is 4.69. The Kier molecular flexibility index (Phi) is 5.22. The third kappa shape index (κ3) is 3.16. The Morgan fingerprint density at radius 1 is 1.18 bits per heavy atom. The number of fused-ring (bicyclic) bond motifs is 1. The number of hydrogen-bond donors (Lipinski definition) is 0. The Morgan fingerprint density at radius 2 is 1.82 bits per heavy atom. The van der Waals surface area contributed by atoms with Crippen molar-refractivity contribution >= 4 is 26.9 Å². The maximum atomic E-state index is 13.0. The molecule has 3 aromatic rings. The van der Waals surface area contributed by atoms with Gasteiger partial charge in [0.1, 0.15) is 16.0 Å². The van der Waals surface area contributed by atoms with Crippen LogP contribution in [0.1, 0.15) is 35.6 Å². The number of carbonyl (C=O) groups excluding carboxylic acids is 1. The molecule has 1 aromatic carbocycles. The molecule has 0 fully saturated rings. The van der Waals surface area contributed by atoms with Gasteiger partial charge in [-0.1, -0.05) is 32.0 Å². The first kappa shape index (κ1) is 20.0. The number of rotatable bonds is 5. The molecule has 0 aliphatic rings. The van der Waals surface area contributed by atoms with Gasteiger partial charge < -0.3 is 4.42 Å². The molecule has 148 valence electrons. The van der Waals surface area contributed by atoms with Crippen LogP contribution in [0.15, 0.2) is 44.4 Å². The summed E-state index contributed by atoms with van der Waals surface area (Å²) in [5.74, 6) is -0.735. The number of aryl methyl sites for hydroxylation is 1. The summed E-state index contributed by atoms with van der Waals surface area (Å²) in [6.45, 7) is 7.09. The largest absolute Gasteiger partial charge is 0.422 e. The first-order chi connectivity index (χ1) is 13.2. The molecule has 0 aliphatic heterocycles. The Hall–Kier alpha value is -2.78. The normalized spacial score (nSPS) is 12.0. The fourth-order valence-corrected chi connectivity index (χ4v) is 5.03. The highest BCUT2D eigenvalue weighted by atomic mass is 32.2. The molecular weight excluding hydrogens is 382 g/mol. The van der Waals surface area contributed by atoms with Crippen molar-refractivity contribution in [2.24, 2.45) is 0 Å². The predicted molar refractivity (Wildman–Crippen MR) is 104 cm³/mol. The van der Waals surface area contributed by atoms with Gasteiger partial charge in [-0.25, -0.2) is 13.2 Å². The van der Waals surface area contributed by atoms with Gasteiger partial charge in [-0.05, 0) is 26.0 Å². The van der Waals surface area contributed by atoms with Crippen LogP contribution in [0.25, 0.3) is 11.0 Å². The summed E-state index contributed by atoms with van der Waals surface area (Å²) in [6, 6.07) is 8.25. The highest BCUT2D eigenvalue weighted by Gasteiger charge is 2.31. The molecule has 0 radical (unpaired) electrons. The molecular formula is C19H21N3O5S. The molecule has 8 nitrogen and oxygen atoms in total. The Morgan fingerprint density at radius 3 is 2.46 bits per heavy atom. The summed E-state index contributed by atoms with van der Waals surface area (Å²) in [6.07, 6.45) is 0. The lowest BCUT2D eigenvalue weighted by molar-refractivity contribution is 0.0938. The second-order valence-corrected chi connectivity index (χ2v) is 8.17. The SMILES string of the molecule is CCN(CC)S(=O)(=O)c1c(C)nn(C(=O)c2cc3ccccc3oc2=O)c1C. The van der Waals surface area contributed by atoms with Crippen LogP contribution in [0.4, 0.5) is 0 Å². The molecule has 0 N–H and O–H groups in total. The van der Waals surface area contributed by atoms with Crippen molar-refractivity contribution in [3.8, 4) is 0 Å². The first-order valence-corrected chi connectivity index (χ1v) is 10.3. The highest BCUT2D eigenvalue weighted by Crippen LogP contribution is 2.24. The van der Waals surface area contributed by atoms with Gasteiger partial charge >= 0.3 is 5.63 Å². The van der Waals surface area contributed by atoms with E-state index in [1.54, 1.807) is 38.1 Å². The van der Waals surface area contributed by atoms with Crippen molar-refractivity contribution in [3.63, 3.8) is 0 Å². The van der Waals surface area contributed by atoms with Gasteiger partial charge in [0.2, 0.25) is 10.0 Å². The van der Waals surface area contributed by atoms with Crippen molar-refractivity contribution in [1.82, 2.24) is 14.1 Å². The van der Waals surface area contributed by atoms with Crippen LogP contribution in [0, 0.1) is 13.8 Å². The quantitative estimate of drug-likeness (QED) is 0.606. The average Bonchev–Trinajstić information content (AvgIpc) is 2.96. The summed E-state index contributed by atoms with van der Waals surface area (Å²) >= 11 is 0. The van der Waals surface area contributed by atoms with Gasteiger partial charge in [0, 0.05) is 18.5 Å². The Balaban J connectivity index is 2.15. The van der Waals surface area contributed by atoms with Gasteiger partial charge in [-0.3, -0.25) is 4.79 Å². The third-order valence-electron chi connectivity index (χ3n) is 4.59. The van der Waals surface area contributed by atoms with E-state index in [-0.39, 0.29) is 21.8 Å². The minimum absolute atomic E-state index is 0.0188. The lowest BCUT2D eigenvalue weighted by Crippen LogP contribution is -2.31. The third-order valence-corrected chi connectivity index (χ3v) is 6.90. The number of hydrogen-bond acceptors (Lipinski definition) is 6. The summed E-state index contributed by atoms with van der Waals surface area (Å²) in [4.78, 5) is 25.2. The molecule has 0 aliphatic carbocycles. The Labute approximate surface area is 162 Å². The van der Waals surface area contributed by atoms with Crippen molar-refractivity contribution in [2.75, 3.05) is 13.1 Å². The number of sulfonamides is 1. The van der Waals surface area contributed by atoms with Crippen LogP contribution in [-0.2, 0) is 10.0 Å². The van der Waals surface area contributed by atoms with Crippen LogP contribution < -0.4 is 5.63 Å². The van der Waals surface area contributed by atoms with E-state index >= 15 is 0 Å². The fraction of sp³-hybridized carbons (Fsp3) is 0.316. The number of nitrogens with zero attached hydrogens (tertiary/aromatic N) is 3. The van der Waals surface area contributed by atoms with Crippen molar-refractivity contribution in [2.45, 2.75) is 32.6 Å². The van der Waals surface area contributed by atoms with E-state index < -0.39 is 21.6 Å². The lowest BCUT2D eigenvalue weighted by atomic mass is 10.2. The molecule has 9 heteroatoms. The van der Waals surface area contributed by atoms with Crippen LogP contribution in [0.3, 0.4) is 0 Å². The maximum Gasteiger partial charge on any atom is 0.349 e. The average molecular weight is 403 g/mol. The number of para-hydroxylation sites is 1. The van der Waals surface area contributed by atoms with Crippen LogP contribution in [0.5, 0.6) is 0 Å². The minimum atomic E-state index is -3.81. The zero-order valence-corrected chi connectivity index (χ0v) is 16.9. The van der Waals surface area contributed by atoms with Crippen LogP contribution in [-0.4, -0.2) is 41.5 Å². The molecule has 0 amide bonds. The minimum Gasteiger partial charge on any atom is -0.422 e.